The van der Waals surface area contributed by atoms with Gasteiger partial charge in [-0.15, -0.1) is 0 Å². The third-order valence-electron chi connectivity index (χ3n) is 6.81. The van der Waals surface area contributed by atoms with Gasteiger partial charge in [-0.05, 0) is 57.0 Å². The molecule has 6 heteroatoms. The molecular weight excluding hydrogens is 412 g/mol. The summed E-state index contributed by atoms with van der Waals surface area (Å²) < 4.78 is 1.79. The monoisotopic (exact) mass is 436 g/mol. The first-order valence-corrected chi connectivity index (χ1v) is 11.4. The smallest absolute Gasteiger partial charge is 0.266 e. The Bertz CT molecular complexity index is 1410. The zero-order valence-corrected chi connectivity index (χ0v) is 18.7. The molecule has 3 aromatic carbocycles. The lowest BCUT2D eigenvalue weighted by atomic mass is 9.92. The van der Waals surface area contributed by atoms with Crippen LogP contribution in [0.5, 0.6) is 0 Å². The summed E-state index contributed by atoms with van der Waals surface area (Å²) in [7, 11) is 0. The number of carbonyl (C=O) groups is 2. The number of aromatic nitrogens is 2. The Kier molecular flexibility index (Phi) is 4.37. The second kappa shape index (κ2) is 7.30. The van der Waals surface area contributed by atoms with E-state index in [1.807, 2.05) is 74.5 Å². The molecule has 0 N–H and O–H groups in total. The molecule has 6 nitrogen and oxygen atoms in total. The van der Waals surface area contributed by atoms with E-state index < -0.39 is 0 Å². The third kappa shape index (κ3) is 2.83. The maximum atomic E-state index is 13.8. The quantitative estimate of drug-likeness (QED) is 0.422. The Hall–Kier alpha value is -3.93. The Labute approximate surface area is 192 Å². The third-order valence-corrected chi connectivity index (χ3v) is 6.81. The summed E-state index contributed by atoms with van der Waals surface area (Å²) in [6.45, 7) is 5.75. The Morgan fingerprint density at radius 1 is 0.788 bits per heavy atom. The largest absolute Gasteiger partial charge is 0.371 e. The Morgan fingerprint density at radius 3 is 2.21 bits per heavy atom. The molecule has 0 bridgehead atoms. The Balaban J connectivity index is 1.52. The number of benzene rings is 3. The van der Waals surface area contributed by atoms with Crippen LogP contribution in [0.2, 0.25) is 0 Å². The van der Waals surface area contributed by atoms with E-state index in [1.54, 1.807) is 4.68 Å². The second-order valence-electron chi connectivity index (χ2n) is 8.77. The maximum absolute atomic E-state index is 13.8. The van der Waals surface area contributed by atoms with Crippen LogP contribution in [0.1, 0.15) is 44.9 Å². The zero-order chi connectivity index (χ0) is 22.7. The van der Waals surface area contributed by atoms with Crippen LogP contribution in [0.25, 0.3) is 16.5 Å². The van der Waals surface area contributed by atoms with E-state index in [9.17, 15) is 9.59 Å². The van der Waals surface area contributed by atoms with Crippen LogP contribution in [-0.4, -0.2) is 34.7 Å². The van der Waals surface area contributed by atoms with Crippen LogP contribution in [-0.2, 0) is 0 Å². The number of nitrogens with zero attached hydrogens (tertiary/aromatic N) is 4. The summed E-state index contributed by atoms with van der Waals surface area (Å²) in [4.78, 5) is 31.2. The summed E-state index contributed by atoms with van der Waals surface area (Å²) in [5.74, 6) is -0.592. The molecule has 0 radical (unpaired) electrons. The van der Waals surface area contributed by atoms with Crippen molar-refractivity contribution >= 4 is 34.0 Å². The number of amides is 2. The molecule has 0 unspecified atom stereocenters. The van der Waals surface area contributed by atoms with E-state index in [2.05, 4.69) is 10.00 Å². The van der Waals surface area contributed by atoms with Crippen LogP contribution in [0.15, 0.2) is 60.7 Å². The molecule has 0 aliphatic carbocycles. The predicted molar refractivity (Wildman–Crippen MR) is 130 cm³/mol. The number of hydrogen-bond donors (Lipinski definition) is 0. The second-order valence-corrected chi connectivity index (χ2v) is 8.77. The van der Waals surface area contributed by atoms with Gasteiger partial charge in [0.1, 0.15) is 0 Å². The van der Waals surface area contributed by atoms with Gasteiger partial charge in [-0.2, -0.15) is 5.10 Å². The predicted octanol–water partition coefficient (Wildman–Crippen LogP) is 5.04. The standard InChI is InChI=1S/C27H24N4O2/c1-17-25(18(2)31(28-17)19-9-4-3-5-10-19)30-26(32)21-12-8-11-20-23(29-15-6-7-16-29)14-13-22(24(20)21)27(30)33/h3-5,8-14H,6-7,15-16H2,1-2H3. The lowest BCUT2D eigenvalue weighted by Crippen LogP contribution is -2.41. The zero-order valence-electron chi connectivity index (χ0n) is 18.7. The van der Waals surface area contributed by atoms with Crippen LogP contribution in [0.4, 0.5) is 11.4 Å². The van der Waals surface area contributed by atoms with Gasteiger partial charge in [0.2, 0.25) is 0 Å². The van der Waals surface area contributed by atoms with Crippen molar-refractivity contribution in [1.29, 1.82) is 0 Å². The highest BCUT2D eigenvalue weighted by molar-refractivity contribution is 6.36. The molecule has 3 heterocycles. The minimum absolute atomic E-state index is 0.296. The van der Waals surface area contributed by atoms with Gasteiger partial charge in [0.15, 0.2) is 0 Å². The fourth-order valence-electron chi connectivity index (χ4n) is 5.30. The molecule has 1 saturated heterocycles. The fraction of sp³-hybridized carbons (Fsp3) is 0.222. The topological polar surface area (TPSA) is 58.4 Å². The van der Waals surface area contributed by atoms with Crippen molar-refractivity contribution in [2.24, 2.45) is 0 Å². The molecule has 2 amide bonds. The van der Waals surface area contributed by atoms with Crippen LogP contribution in [0, 0.1) is 13.8 Å². The van der Waals surface area contributed by atoms with Gasteiger partial charge in [0.05, 0.1) is 22.8 Å². The molecular formula is C27H24N4O2. The SMILES string of the molecule is Cc1nn(-c2ccccc2)c(C)c1N1C(=O)c2cccc3c(N4CCCC4)ccc(c23)C1=O. The van der Waals surface area contributed by atoms with E-state index >= 15 is 0 Å². The first-order valence-electron chi connectivity index (χ1n) is 11.4. The normalized spacial score (nSPS) is 15.7. The van der Waals surface area contributed by atoms with Crippen LogP contribution < -0.4 is 9.80 Å². The number of rotatable bonds is 3. The van der Waals surface area contributed by atoms with Gasteiger partial charge in [-0.3, -0.25) is 9.59 Å². The first-order chi connectivity index (χ1) is 16.1. The van der Waals surface area contributed by atoms with Gasteiger partial charge in [-0.1, -0.05) is 30.3 Å². The van der Waals surface area contributed by atoms with Gasteiger partial charge in [0, 0.05) is 40.7 Å². The lowest BCUT2D eigenvalue weighted by Gasteiger charge is -2.29. The van der Waals surface area contributed by atoms with Gasteiger partial charge >= 0.3 is 0 Å². The molecule has 1 aromatic heterocycles. The summed E-state index contributed by atoms with van der Waals surface area (Å²) in [6.07, 6.45) is 2.33. The van der Waals surface area contributed by atoms with Crippen LogP contribution >= 0.6 is 0 Å². The van der Waals surface area contributed by atoms with Crippen molar-refractivity contribution in [3.05, 3.63) is 83.2 Å². The van der Waals surface area contributed by atoms with Crippen molar-refractivity contribution in [3.63, 3.8) is 0 Å². The molecule has 0 saturated carbocycles. The molecule has 2 aliphatic rings. The van der Waals surface area contributed by atoms with E-state index in [0.717, 1.165) is 40.9 Å². The molecule has 0 atom stereocenters. The average molecular weight is 437 g/mol. The van der Waals surface area contributed by atoms with Gasteiger partial charge in [-0.25, -0.2) is 9.58 Å². The van der Waals surface area contributed by atoms with E-state index in [0.29, 0.717) is 22.5 Å². The van der Waals surface area contributed by atoms with E-state index in [1.165, 1.54) is 17.7 Å². The van der Waals surface area contributed by atoms with Crippen molar-refractivity contribution in [2.75, 3.05) is 22.9 Å². The molecule has 2 aliphatic heterocycles. The average Bonchev–Trinajstić information content (AvgIpc) is 3.47. The van der Waals surface area contributed by atoms with Crippen LogP contribution in [0.3, 0.4) is 0 Å². The van der Waals surface area contributed by atoms with E-state index in [-0.39, 0.29) is 11.8 Å². The molecule has 6 rings (SSSR count). The maximum Gasteiger partial charge on any atom is 0.266 e. The summed E-state index contributed by atoms with van der Waals surface area (Å²) in [5, 5.41) is 6.40. The number of hydrogen-bond acceptors (Lipinski definition) is 4. The molecule has 164 valence electrons. The number of imide groups is 1. The highest BCUT2D eigenvalue weighted by Gasteiger charge is 2.37. The highest BCUT2D eigenvalue weighted by atomic mass is 16.2. The molecule has 33 heavy (non-hydrogen) atoms. The number of carbonyl (C=O) groups excluding carboxylic acids is 2. The number of aryl methyl sites for hydroxylation is 1. The summed E-state index contributed by atoms with van der Waals surface area (Å²) in [6, 6.07) is 19.4. The molecule has 0 spiro atoms. The highest BCUT2D eigenvalue weighted by Crippen LogP contribution is 2.39. The van der Waals surface area contributed by atoms with Crippen molar-refractivity contribution in [3.8, 4) is 5.69 Å². The van der Waals surface area contributed by atoms with Gasteiger partial charge in [0.25, 0.3) is 11.8 Å². The van der Waals surface area contributed by atoms with Crippen molar-refractivity contribution in [2.45, 2.75) is 26.7 Å². The van der Waals surface area contributed by atoms with Crippen molar-refractivity contribution < 1.29 is 9.59 Å². The number of anilines is 2. The molecule has 4 aromatic rings. The summed E-state index contributed by atoms with van der Waals surface area (Å²) >= 11 is 0. The minimum Gasteiger partial charge on any atom is -0.371 e. The minimum atomic E-state index is -0.296. The van der Waals surface area contributed by atoms with Gasteiger partial charge < -0.3 is 4.90 Å². The number of para-hydroxylation sites is 1. The molecule has 1 fully saturated rings. The van der Waals surface area contributed by atoms with Crippen molar-refractivity contribution in [1.82, 2.24) is 9.78 Å². The fourth-order valence-corrected chi connectivity index (χ4v) is 5.30. The first kappa shape index (κ1) is 19.7. The Morgan fingerprint density at radius 2 is 1.48 bits per heavy atom. The summed E-state index contributed by atoms with van der Waals surface area (Å²) in [5.41, 5.74) is 5.07. The van der Waals surface area contributed by atoms with E-state index in [4.69, 9.17) is 0 Å². The lowest BCUT2D eigenvalue weighted by molar-refractivity contribution is 0.0893.